The Bertz CT molecular complexity index is 1320. The molecule has 0 aliphatic carbocycles. The molecule has 0 aliphatic heterocycles. The van der Waals surface area contributed by atoms with Gasteiger partial charge in [-0.3, -0.25) is 4.79 Å². The number of esters is 1. The molecule has 0 amide bonds. The van der Waals surface area contributed by atoms with Gasteiger partial charge in [0.1, 0.15) is 18.5 Å². The third-order valence-corrected chi connectivity index (χ3v) is 6.42. The summed E-state index contributed by atoms with van der Waals surface area (Å²) in [7, 11) is 0. The van der Waals surface area contributed by atoms with Crippen LogP contribution in [0.4, 0.5) is 0 Å². The number of aliphatic hydroxyl groups is 1. The Morgan fingerprint density at radius 1 is 1.19 bits per heavy atom. The Morgan fingerprint density at radius 2 is 1.92 bits per heavy atom. The third kappa shape index (κ3) is 6.22. The summed E-state index contributed by atoms with van der Waals surface area (Å²) in [5, 5.41) is 24.3. The lowest BCUT2D eigenvalue weighted by Crippen LogP contribution is -2.41. The second-order valence-electron chi connectivity index (χ2n) is 8.81. The summed E-state index contributed by atoms with van der Waals surface area (Å²) in [5.74, 6) is 0.658. The number of benzene rings is 2. The molecule has 2 aromatic carbocycles. The second-order valence-corrected chi connectivity index (χ2v) is 9.17. The van der Waals surface area contributed by atoms with Gasteiger partial charge < -0.3 is 20.1 Å². The number of tetrazole rings is 1. The van der Waals surface area contributed by atoms with E-state index in [1.165, 1.54) is 6.92 Å². The number of carbonyl (C=O) groups excluding carboxylic acids is 1. The Kier molecular flexibility index (Phi) is 8.65. The minimum atomic E-state index is -1.13. The van der Waals surface area contributed by atoms with Gasteiger partial charge in [-0.1, -0.05) is 73.5 Å². The number of aryl methyl sites for hydroxylation is 1. The van der Waals surface area contributed by atoms with Crippen LogP contribution in [0.1, 0.15) is 43.8 Å². The fourth-order valence-electron chi connectivity index (χ4n) is 3.97. The molecule has 1 unspecified atom stereocenters. The number of carbonyl (C=O) groups is 1. The number of H-pyrrole nitrogens is 1. The van der Waals surface area contributed by atoms with Crippen molar-refractivity contribution in [2.75, 3.05) is 0 Å². The number of nitrogens with one attached hydrogen (secondary N) is 1. The molecule has 0 saturated heterocycles. The van der Waals surface area contributed by atoms with Crippen molar-refractivity contribution in [2.24, 2.45) is 5.73 Å². The number of nitrogens with zero attached hydrogens (tertiary/aromatic N) is 5. The van der Waals surface area contributed by atoms with Crippen LogP contribution in [-0.4, -0.2) is 53.4 Å². The maximum absolute atomic E-state index is 12.2. The van der Waals surface area contributed by atoms with E-state index in [1.807, 2.05) is 53.1 Å². The quantitative estimate of drug-likeness (QED) is 0.253. The van der Waals surface area contributed by atoms with Crippen molar-refractivity contribution in [1.82, 2.24) is 30.2 Å². The average Bonchev–Trinajstić information content (AvgIpc) is 3.54. The summed E-state index contributed by atoms with van der Waals surface area (Å²) in [5.41, 5.74) is 10.2. The molecule has 2 atom stereocenters. The van der Waals surface area contributed by atoms with E-state index in [-0.39, 0.29) is 11.8 Å². The Balaban J connectivity index is 1.58. The van der Waals surface area contributed by atoms with Crippen LogP contribution >= 0.6 is 11.6 Å². The molecule has 0 aliphatic rings. The molecular weight excluding hydrogens is 494 g/mol. The summed E-state index contributed by atoms with van der Waals surface area (Å²) in [6.07, 6.45) is 1.68. The number of halogens is 1. The number of aliphatic hydroxyl groups excluding tert-OH is 1. The van der Waals surface area contributed by atoms with Gasteiger partial charge in [0.05, 0.1) is 11.8 Å². The number of nitrogens with two attached hydrogens (primary N) is 1. The van der Waals surface area contributed by atoms with Crippen molar-refractivity contribution in [1.29, 1.82) is 0 Å². The predicted molar refractivity (Wildman–Crippen MR) is 139 cm³/mol. The number of hydrogen-bond acceptors (Lipinski definition) is 8. The van der Waals surface area contributed by atoms with Crippen LogP contribution in [0.25, 0.3) is 22.5 Å². The first-order valence-corrected chi connectivity index (χ1v) is 12.5. The first kappa shape index (κ1) is 26.5. The zero-order valence-corrected chi connectivity index (χ0v) is 21.5. The molecule has 4 rings (SSSR count). The van der Waals surface area contributed by atoms with Crippen LogP contribution in [-0.2, 0) is 29.1 Å². The van der Waals surface area contributed by atoms with E-state index in [0.29, 0.717) is 18.1 Å². The zero-order valence-electron chi connectivity index (χ0n) is 20.8. The molecular formula is C26H30ClN7O3. The molecule has 4 aromatic rings. The number of aromatic nitrogens is 6. The number of hydrogen-bond donors (Lipinski definition) is 3. The maximum Gasteiger partial charge on any atom is 0.325 e. The first-order chi connectivity index (χ1) is 17.9. The minimum absolute atomic E-state index is 0.0899. The summed E-state index contributed by atoms with van der Waals surface area (Å²) in [6.45, 7) is 3.96. The van der Waals surface area contributed by atoms with Gasteiger partial charge in [0.15, 0.2) is 5.15 Å². The lowest BCUT2D eigenvalue weighted by Gasteiger charge is -2.16. The van der Waals surface area contributed by atoms with Gasteiger partial charge in [-0.25, -0.2) is 4.98 Å². The van der Waals surface area contributed by atoms with Crippen LogP contribution in [0.2, 0.25) is 5.15 Å². The topological polar surface area (TPSA) is 145 Å². The van der Waals surface area contributed by atoms with Crippen molar-refractivity contribution in [3.8, 4) is 22.5 Å². The monoisotopic (exact) mass is 523 g/mol. The van der Waals surface area contributed by atoms with Crippen LogP contribution in [0.3, 0.4) is 0 Å². The summed E-state index contributed by atoms with van der Waals surface area (Å²) in [4.78, 5) is 16.7. The normalized spacial score (nSPS) is 12.9. The van der Waals surface area contributed by atoms with E-state index in [9.17, 15) is 9.90 Å². The molecule has 0 bridgehead atoms. The summed E-state index contributed by atoms with van der Waals surface area (Å²) >= 11 is 6.47. The van der Waals surface area contributed by atoms with E-state index in [4.69, 9.17) is 22.1 Å². The number of aromatic amines is 1. The highest BCUT2D eigenvalue weighted by atomic mass is 35.5. The average molecular weight is 524 g/mol. The van der Waals surface area contributed by atoms with Gasteiger partial charge in [0, 0.05) is 18.5 Å². The maximum atomic E-state index is 12.2. The van der Waals surface area contributed by atoms with Crippen molar-refractivity contribution >= 4 is 17.6 Å². The third-order valence-electron chi connectivity index (χ3n) is 6.12. The van der Waals surface area contributed by atoms with Crippen molar-refractivity contribution in [2.45, 2.75) is 58.4 Å². The molecule has 2 aromatic heterocycles. The molecule has 0 spiro atoms. The smallest absolute Gasteiger partial charge is 0.325 e. The fourth-order valence-corrected chi connectivity index (χ4v) is 4.22. The molecule has 37 heavy (non-hydrogen) atoms. The van der Waals surface area contributed by atoms with Gasteiger partial charge in [-0.15, -0.1) is 10.2 Å². The highest BCUT2D eigenvalue weighted by molar-refractivity contribution is 6.30. The number of rotatable bonds is 11. The molecule has 0 fully saturated rings. The number of imidazole rings is 1. The lowest BCUT2D eigenvalue weighted by molar-refractivity contribution is -0.149. The minimum Gasteiger partial charge on any atom is -0.458 e. The lowest BCUT2D eigenvalue weighted by atomic mass is 9.98. The van der Waals surface area contributed by atoms with Crippen LogP contribution in [0.5, 0.6) is 0 Å². The van der Waals surface area contributed by atoms with E-state index in [0.717, 1.165) is 47.3 Å². The van der Waals surface area contributed by atoms with Gasteiger partial charge in [-0.05, 0) is 35.2 Å². The summed E-state index contributed by atoms with van der Waals surface area (Å²) < 4.78 is 7.35. The molecule has 194 valence electrons. The van der Waals surface area contributed by atoms with Crippen molar-refractivity contribution in [3.63, 3.8) is 0 Å². The van der Waals surface area contributed by atoms with Crippen molar-refractivity contribution in [3.05, 3.63) is 70.8 Å². The molecule has 0 radical (unpaired) electrons. The van der Waals surface area contributed by atoms with E-state index in [2.05, 4.69) is 32.5 Å². The van der Waals surface area contributed by atoms with Gasteiger partial charge in [-0.2, -0.15) is 5.21 Å². The Hall–Kier alpha value is -3.60. The van der Waals surface area contributed by atoms with Gasteiger partial charge >= 0.3 is 5.97 Å². The van der Waals surface area contributed by atoms with Gasteiger partial charge in [0.25, 0.3) is 0 Å². The van der Waals surface area contributed by atoms with Crippen LogP contribution in [0.15, 0.2) is 48.5 Å². The fraction of sp³-hybridized carbons (Fsp3) is 0.346. The van der Waals surface area contributed by atoms with Gasteiger partial charge in [0.2, 0.25) is 5.82 Å². The largest absolute Gasteiger partial charge is 0.458 e. The zero-order chi connectivity index (χ0) is 26.4. The Labute approximate surface area is 219 Å². The molecule has 11 heteroatoms. The second kappa shape index (κ2) is 12.1. The Morgan fingerprint density at radius 3 is 2.57 bits per heavy atom. The van der Waals surface area contributed by atoms with Crippen LogP contribution in [0, 0.1) is 0 Å². The molecule has 2 heterocycles. The van der Waals surface area contributed by atoms with Crippen molar-refractivity contribution < 1.29 is 14.6 Å². The number of ether oxygens (including phenoxy) is 1. The molecule has 4 N–H and O–H groups in total. The van der Waals surface area contributed by atoms with E-state index >= 15 is 0 Å². The molecule has 10 nitrogen and oxygen atoms in total. The predicted octanol–water partition coefficient (Wildman–Crippen LogP) is 3.53. The van der Waals surface area contributed by atoms with E-state index in [1.54, 1.807) is 0 Å². The van der Waals surface area contributed by atoms with Crippen LogP contribution < -0.4 is 5.73 Å². The summed E-state index contributed by atoms with van der Waals surface area (Å²) in [6, 6.07) is 14.9. The SMILES string of the molecule is CCCCc1nc(Cl)c(COC(=O)[C@H](N)C(C)O)n1Cc1ccc(-c2ccccc2-c2nn[nH]n2)cc1. The highest BCUT2D eigenvalue weighted by Gasteiger charge is 2.23. The standard InChI is InChI=1S/C26H30ClN7O3/c1-3-4-9-22-29-24(27)21(15-37-26(36)23(28)16(2)35)34(22)14-17-10-12-18(13-11-17)19-7-5-6-8-20(19)25-30-32-33-31-25/h5-8,10-13,16,23,35H,3-4,9,14-15,28H2,1-2H3,(H,30,31,32,33)/t16?,23-/m1/s1. The molecule has 0 saturated carbocycles. The van der Waals surface area contributed by atoms with E-state index < -0.39 is 18.1 Å². The number of unbranched alkanes of at least 4 members (excludes halogenated alkanes) is 1. The first-order valence-electron chi connectivity index (χ1n) is 12.1. The highest BCUT2D eigenvalue weighted by Crippen LogP contribution is 2.30.